The van der Waals surface area contributed by atoms with Crippen molar-refractivity contribution in [2.24, 2.45) is 5.73 Å². The Balaban J connectivity index is 1.95. The number of anilines is 1. The molecule has 0 aliphatic carbocycles. The third-order valence-electron chi connectivity index (χ3n) is 4.00. The molecular formula is C17H20N2O. The van der Waals surface area contributed by atoms with Crippen molar-refractivity contribution in [2.45, 2.75) is 12.5 Å². The summed E-state index contributed by atoms with van der Waals surface area (Å²) in [6, 6.07) is 17.0. The van der Waals surface area contributed by atoms with Crippen LogP contribution in [0, 0.1) is 0 Å². The lowest BCUT2D eigenvalue weighted by Crippen LogP contribution is -2.32. The van der Waals surface area contributed by atoms with Crippen molar-refractivity contribution < 1.29 is 4.74 Å². The molecule has 0 saturated heterocycles. The van der Waals surface area contributed by atoms with Gasteiger partial charge in [0.15, 0.2) is 0 Å². The fourth-order valence-electron chi connectivity index (χ4n) is 2.98. The largest absolute Gasteiger partial charge is 0.497 e. The number of rotatable bonds is 4. The van der Waals surface area contributed by atoms with Gasteiger partial charge in [-0.25, -0.2) is 0 Å². The summed E-state index contributed by atoms with van der Waals surface area (Å²) in [5.74, 6) is 0.883. The lowest BCUT2D eigenvalue weighted by Gasteiger charge is -2.30. The Morgan fingerprint density at radius 3 is 2.85 bits per heavy atom. The molecule has 1 atom stereocenters. The first kappa shape index (κ1) is 13.0. The van der Waals surface area contributed by atoms with Gasteiger partial charge in [0.2, 0.25) is 0 Å². The Hall–Kier alpha value is -2.00. The van der Waals surface area contributed by atoms with Gasteiger partial charge < -0.3 is 15.4 Å². The summed E-state index contributed by atoms with van der Waals surface area (Å²) in [4.78, 5) is 2.41. The second-order valence-corrected chi connectivity index (χ2v) is 5.10. The highest BCUT2D eigenvalue weighted by atomic mass is 16.5. The van der Waals surface area contributed by atoms with Crippen molar-refractivity contribution in [1.29, 1.82) is 0 Å². The normalized spacial score (nSPS) is 15.0. The highest BCUT2D eigenvalue weighted by Crippen LogP contribution is 2.35. The van der Waals surface area contributed by atoms with E-state index in [0.717, 1.165) is 18.7 Å². The van der Waals surface area contributed by atoms with Crippen LogP contribution in [0.25, 0.3) is 0 Å². The van der Waals surface area contributed by atoms with Gasteiger partial charge in [-0.2, -0.15) is 0 Å². The number of ether oxygens (including phenoxy) is 1. The third kappa shape index (κ3) is 2.25. The van der Waals surface area contributed by atoms with E-state index in [2.05, 4.69) is 41.3 Å². The summed E-state index contributed by atoms with van der Waals surface area (Å²) in [7, 11) is 1.70. The molecule has 1 aliphatic heterocycles. The predicted molar refractivity (Wildman–Crippen MR) is 82.3 cm³/mol. The second-order valence-electron chi connectivity index (χ2n) is 5.10. The molecule has 0 aromatic heterocycles. The quantitative estimate of drug-likeness (QED) is 0.926. The smallest absolute Gasteiger partial charge is 0.119 e. The van der Waals surface area contributed by atoms with E-state index in [1.807, 2.05) is 12.1 Å². The highest BCUT2D eigenvalue weighted by Gasteiger charge is 2.26. The van der Waals surface area contributed by atoms with Crippen LogP contribution in [-0.4, -0.2) is 20.2 Å². The Bertz CT molecular complexity index is 597. The van der Waals surface area contributed by atoms with Crippen LogP contribution in [0.4, 0.5) is 5.69 Å². The van der Waals surface area contributed by atoms with E-state index in [-0.39, 0.29) is 6.04 Å². The number of hydrogen-bond donors (Lipinski definition) is 1. The summed E-state index contributed by atoms with van der Waals surface area (Å²) in [6.07, 6.45) is 1.09. The predicted octanol–water partition coefficient (Wildman–Crippen LogP) is 2.76. The molecule has 0 fully saturated rings. The second kappa shape index (κ2) is 5.55. The summed E-state index contributed by atoms with van der Waals surface area (Å²) in [5, 5.41) is 0. The van der Waals surface area contributed by atoms with Gasteiger partial charge in [-0.3, -0.25) is 0 Å². The van der Waals surface area contributed by atoms with E-state index < -0.39 is 0 Å². The third-order valence-corrected chi connectivity index (χ3v) is 4.00. The highest BCUT2D eigenvalue weighted by molar-refractivity contribution is 5.59. The van der Waals surface area contributed by atoms with Gasteiger partial charge >= 0.3 is 0 Å². The van der Waals surface area contributed by atoms with Gasteiger partial charge in [0.25, 0.3) is 0 Å². The Kier molecular flexibility index (Phi) is 3.61. The zero-order valence-electron chi connectivity index (χ0n) is 11.8. The first-order valence-electron chi connectivity index (χ1n) is 7.02. The number of nitrogens with two attached hydrogens (primary N) is 1. The standard InChI is InChI=1S/C17H20N2O/c1-20-15-7-4-6-14(11-15)17(12-18)19-10-9-13-5-2-3-8-16(13)19/h2-8,11,17H,9-10,12,18H2,1H3. The first-order valence-corrected chi connectivity index (χ1v) is 7.02. The van der Waals surface area contributed by atoms with Crippen molar-refractivity contribution in [3.8, 4) is 5.75 Å². The zero-order valence-corrected chi connectivity index (χ0v) is 11.8. The summed E-state index contributed by atoms with van der Waals surface area (Å²) < 4.78 is 5.32. The maximum absolute atomic E-state index is 6.05. The molecule has 3 nitrogen and oxygen atoms in total. The van der Waals surface area contributed by atoms with E-state index in [1.54, 1.807) is 7.11 Å². The molecule has 20 heavy (non-hydrogen) atoms. The van der Waals surface area contributed by atoms with Gasteiger partial charge in [0, 0.05) is 18.8 Å². The van der Waals surface area contributed by atoms with Crippen LogP contribution in [0.3, 0.4) is 0 Å². The minimum absolute atomic E-state index is 0.203. The SMILES string of the molecule is COc1cccc(C(CN)N2CCc3ccccc32)c1. The number of hydrogen-bond acceptors (Lipinski definition) is 3. The number of para-hydroxylation sites is 1. The van der Waals surface area contributed by atoms with E-state index in [9.17, 15) is 0 Å². The van der Waals surface area contributed by atoms with Crippen molar-refractivity contribution >= 4 is 5.69 Å². The van der Waals surface area contributed by atoms with E-state index in [0.29, 0.717) is 6.54 Å². The molecule has 2 N–H and O–H groups in total. The number of methoxy groups -OCH3 is 1. The fraction of sp³-hybridized carbons (Fsp3) is 0.294. The Morgan fingerprint density at radius 1 is 1.20 bits per heavy atom. The molecule has 1 unspecified atom stereocenters. The van der Waals surface area contributed by atoms with Crippen molar-refractivity contribution in [2.75, 3.05) is 25.1 Å². The van der Waals surface area contributed by atoms with Crippen LogP contribution < -0.4 is 15.4 Å². The molecule has 1 heterocycles. The minimum Gasteiger partial charge on any atom is -0.497 e. The molecule has 104 valence electrons. The van der Waals surface area contributed by atoms with Gasteiger partial charge in [0.05, 0.1) is 13.2 Å². The molecule has 0 spiro atoms. The number of nitrogens with zero attached hydrogens (tertiary/aromatic N) is 1. The lowest BCUT2D eigenvalue weighted by molar-refractivity contribution is 0.413. The summed E-state index contributed by atoms with van der Waals surface area (Å²) in [5.41, 5.74) is 9.98. The van der Waals surface area contributed by atoms with Crippen molar-refractivity contribution in [3.63, 3.8) is 0 Å². The molecule has 0 radical (unpaired) electrons. The van der Waals surface area contributed by atoms with Gasteiger partial charge in [-0.05, 0) is 35.7 Å². The summed E-state index contributed by atoms with van der Waals surface area (Å²) in [6.45, 7) is 1.62. The summed E-state index contributed by atoms with van der Waals surface area (Å²) >= 11 is 0. The average molecular weight is 268 g/mol. The van der Waals surface area contributed by atoms with E-state index in [1.165, 1.54) is 16.8 Å². The van der Waals surface area contributed by atoms with E-state index >= 15 is 0 Å². The molecule has 0 saturated carbocycles. The van der Waals surface area contributed by atoms with Crippen molar-refractivity contribution in [3.05, 3.63) is 59.7 Å². The molecule has 0 amide bonds. The molecule has 2 aromatic rings. The van der Waals surface area contributed by atoms with Gasteiger partial charge in [-0.15, -0.1) is 0 Å². The van der Waals surface area contributed by atoms with Crippen LogP contribution in [0.1, 0.15) is 17.2 Å². The molecule has 3 heteroatoms. The van der Waals surface area contributed by atoms with Gasteiger partial charge in [0.1, 0.15) is 5.75 Å². The monoisotopic (exact) mass is 268 g/mol. The lowest BCUT2D eigenvalue weighted by atomic mass is 10.0. The molecule has 1 aliphatic rings. The Labute approximate surface area is 120 Å². The van der Waals surface area contributed by atoms with Crippen LogP contribution in [0.5, 0.6) is 5.75 Å². The van der Waals surface area contributed by atoms with Crippen LogP contribution in [0.15, 0.2) is 48.5 Å². The topological polar surface area (TPSA) is 38.5 Å². The molecule has 3 rings (SSSR count). The average Bonchev–Trinajstić information content (AvgIpc) is 2.93. The molecular weight excluding hydrogens is 248 g/mol. The van der Waals surface area contributed by atoms with Crippen molar-refractivity contribution in [1.82, 2.24) is 0 Å². The van der Waals surface area contributed by atoms with Crippen LogP contribution in [-0.2, 0) is 6.42 Å². The fourth-order valence-corrected chi connectivity index (χ4v) is 2.98. The number of benzene rings is 2. The van der Waals surface area contributed by atoms with Crippen LogP contribution in [0.2, 0.25) is 0 Å². The Morgan fingerprint density at radius 2 is 2.05 bits per heavy atom. The molecule has 0 bridgehead atoms. The zero-order chi connectivity index (χ0) is 13.9. The maximum atomic E-state index is 6.05. The number of fused-ring (bicyclic) bond motifs is 1. The van der Waals surface area contributed by atoms with Gasteiger partial charge in [-0.1, -0.05) is 30.3 Å². The maximum Gasteiger partial charge on any atom is 0.119 e. The first-order chi connectivity index (χ1) is 9.83. The minimum atomic E-state index is 0.203. The molecule has 2 aromatic carbocycles. The van der Waals surface area contributed by atoms with Crippen LogP contribution >= 0.6 is 0 Å². The van der Waals surface area contributed by atoms with E-state index in [4.69, 9.17) is 10.5 Å².